The molecule has 0 atom stereocenters. The molecule has 0 heterocycles. The van der Waals surface area contributed by atoms with E-state index in [0.717, 1.165) is 5.75 Å². The number of carbonyl (C=O) groups excluding carboxylic acids is 1. The second kappa shape index (κ2) is 7.89. The second-order valence-corrected chi connectivity index (χ2v) is 6.26. The van der Waals surface area contributed by atoms with Crippen molar-refractivity contribution >= 4 is 17.7 Å². The zero-order chi connectivity index (χ0) is 15.1. The lowest BCUT2D eigenvalue weighted by molar-refractivity contribution is -0.129. The summed E-state index contributed by atoms with van der Waals surface area (Å²) >= 11 is 1.73. The highest BCUT2D eigenvalue weighted by Crippen LogP contribution is 2.18. The van der Waals surface area contributed by atoms with Gasteiger partial charge in [0, 0.05) is 30.7 Å². The first kappa shape index (κ1) is 15.6. The fourth-order valence-electron chi connectivity index (χ4n) is 2.09. The number of benzene rings is 2. The minimum atomic E-state index is 0.196. The summed E-state index contributed by atoms with van der Waals surface area (Å²) in [6.07, 6.45) is 0.571. The monoisotopic (exact) mass is 299 g/mol. The Labute approximate surface area is 131 Å². The van der Waals surface area contributed by atoms with Gasteiger partial charge in [-0.15, -0.1) is 11.8 Å². The summed E-state index contributed by atoms with van der Waals surface area (Å²) in [5.74, 6) is 1.02. The lowest BCUT2D eigenvalue weighted by Gasteiger charge is -2.18. The second-order valence-electron chi connectivity index (χ2n) is 5.09. The third-order valence-electron chi connectivity index (χ3n) is 3.42. The summed E-state index contributed by atoms with van der Waals surface area (Å²) in [5, 5.41) is 0. The Kier molecular flexibility index (Phi) is 5.88. The smallest absolute Gasteiger partial charge is 0.223 e. The van der Waals surface area contributed by atoms with Crippen molar-refractivity contribution < 1.29 is 4.79 Å². The number of thioether (sulfide) groups is 1. The molecule has 2 rings (SSSR count). The van der Waals surface area contributed by atoms with E-state index in [1.54, 1.807) is 11.8 Å². The molecule has 0 bridgehead atoms. The van der Waals surface area contributed by atoms with Crippen LogP contribution in [0, 0.1) is 6.92 Å². The van der Waals surface area contributed by atoms with E-state index in [1.165, 1.54) is 16.0 Å². The van der Waals surface area contributed by atoms with Crippen LogP contribution in [0.4, 0.5) is 0 Å². The van der Waals surface area contributed by atoms with E-state index in [9.17, 15) is 4.79 Å². The number of rotatable bonds is 6. The highest BCUT2D eigenvalue weighted by atomic mass is 32.2. The molecule has 0 spiro atoms. The molecule has 0 radical (unpaired) electrons. The van der Waals surface area contributed by atoms with Crippen LogP contribution in [0.25, 0.3) is 0 Å². The van der Waals surface area contributed by atoms with Crippen LogP contribution in [-0.2, 0) is 11.3 Å². The van der Waals surface area contributed by atoms with E-state index in [1.807, 2.05) is 42.3 Å². The fourth-order valence-corrected chi connectivity index (χ4v) is 2.96. The minimum Gasteiger partial charge on any atom is -0.341 e. The molecule has 0 unspecified atom stereocenters. The quantitative estimate of drug-likeness (QED) is 0.747. The van der Waals surface area contributed by atoms with Crippen LogP contribution in [0.5, 0.6) is 0 Å². The SMILES string of the molecule is Cc1ccccc1CN(C)C(=O)CCSc1ccccc1. The van der Waals surface area contributed by atoms with Crippen molar-refractivity contribution in [3.05, 3.63) is 65.7 Å². The highest BCUT2D eigenvalue weighted by molar-refractivity contribution is 7.99. The molecular weight excluding hydrogens is 278 g/mol. The molecule has 0 saturated heterocycles. The average molecular weight is 299 g/mol. The van der Waals surface area contributed by atoms with Crippen LogP contribution in [-0.4, -0.2) is 23.6 Å². The Morgan fingerprint density at radius 1 is 1.05 bits per heavy atom. The van der Waals surface area contributed by atoms with Gasteiger partial charge >= 0.3 is 0 Å². The number of amides is 1. The van der Waals surface area contributed by atoms with Crippen LogP contribution in [0.15, 0.2) is 59.5 Å². The van der Waals surface area contributed by atoms with Gasteiger partial charge in [0.2, 0.25) is 5.91 Å². The fraction of sp³-hybridized carbons (Fsp3) is 0.278. The maximum Gasteiger partial charge on any atom is 0.223 e. The molecule has 3 heteroatoms. The van der Waals surface area contributed by atoms with Crippen molar-refractivity contribution in [3.63, 3.8) is 0 Å². The maximum atomic E-state index is 12.2. The van der Waals surface area contributed by atoms with Gasteiger partial charge in [0.15, 0.2) is 0 Å². The summed E-state index contributed by atoms with van der Waals surface area (Å²) in [6, 6.07) is 18.4. The molecule has 0 aliphatic heterocycles. The van der Waals surface area contributed by atoms with Gasteiger partial charge in [0.05, 0.1) is 0 Å². The van der Waals surface area contributed by atoms with E-state index in [4.69, 9.17) is 0 Å². The van der Waals surface area contributed by atoms with E-state index < -0.39 is 0 Å². The number of aryl methyl sites for hydroxylation is 1. The third-order valence-corrected chi connectivity index (χ3v) is 4.44. The van der Waals surface area contributed by atoms with Gasteiger partial charge in [0.25, 0.3) is 0 Å². The predicted octanol–water partition coefficient (Wildman–Crippen LogP) is 4.14. The lowest BCUT2D eigenvalue weighted by Crippen LogP contribution is -2.26. The topological polar surface area (TPSA) is 20.3 Å². The highest BCUT2D eigenvalue weighted by Gasteiger charge is 2.10. The molecule has 2 aromatic carbocycles. The van der Waals surface area contributed by atoms with Crippen molar-refractivity contribution in [3.8, 4) is 0 Å². The summed E-state index contributed by atoms with van der Waals surface area (Å²) in [4.78, 5) is 15.2. The number of hydrogen-bond acceptors (Lipinski definition) is 2. The van der Waals surface area contributed by atoms with Crippen LogP contribution in [0.2, 0.25) is 0 Å². The summed E-state index contributed by atoms with van der Waals surface area (Å²) < 4.78 is 0. The molecular formula is C18H21NOS. The molecule has 0 aliphatic carbocycles. The first-order valence-corrected chi connectivity index (χ1v) is 8.11. The summed E-state index contributed by atoms with van der Waals surface area (Å²) in [7, 11) is 1.88. The molecule has 21 heavy (non-hydrogen) atoms. The van der Waals surface area contributed by atoms with Crippen LogP contribution >= 0.6 is 11.8 Å². The normalized spacial score (nSPS) is 10.4. The zero-order valence-electron chi connectivity index (χ0n) is 12.6. The maximum absolute atomic E-state index is 12.2. The van der Waals surface area contributed by atoms with Gasteiger partial charge in [-0.3, -0.25) is 4.79 Å². The predicted molar refractivity (Wildman–Crippen MR) is 89.4 cm³/mol. The summed E-state index contributed by atoms with van der Waals surface area (Å²) in [6.45, 7) is 2.76. The van der Waals surface area contributed by atoms with Crippen molar-refractivity contribution in [2.45, 2.75) is 24.8 Å². The van der Waals surface area contributed by atoms with E-state index in [0.29, 0.717) is 13.0 Å². The molecule has 0 fully saturated rings. The van der Waals surface area contributed by atoms with E-state index in [-0.39, 0.29) is 5.91 Å². The molecule has 0 saturated carbocycles. The molecule has 110 valence electrons. The number of hydrogen-bond donors (Lipinski definition) is 0. The van der Waals surface area contributed by atoms with E-state index in [2.05, 4.69) is 31.2 Å². The van der Waals surface area contributed by atoms with Gasteiger partial charge in [0.1, 0.15) is 0 Å². The zero-order valence-corrected chi connectivity index (χ0v) is 13.4. The molecule has 2 aromatic rings. The van der Waals surface area contributed by atoms with Gasteiger partial charge in [-0.1, -0.05) is 42.5 Å². The first-order valence-electron chi connectivity index (χ1n) is 7.13. The Hall–Kier alpha value is -1.74. The molecule has 0 aliphatic rings. The van der Waals surface area contributed by atoms with Crippen LogP contribution < -0.4 is 0 Å². The van der Waals surface area contributed by atoms with Crippen LogP contribution in [0.3, 0.4) is 0 Å². The largest absolute Gasteiger partial charge is 0.341 e. The standard InChI is InChI=1S/C18H21NOS/c1-15-8-6-7-9-16(15)14-19(2)18(20)12-13-21-17-10-4-3-5-11-17/h3-11H,12-14H2,1-2H3. The van der Waals surface area contributed by atoms with Crippen molar-refractivity contribution in [2.24, 2.45) is 0 Å². The Bertz CT molecular complexity index is 583. The Morgan fingerprint density at radius 3 is 2.43 bits per heavy atom. The third kappa shape index (κ3) is 4.94. The summed E-state index contributed by atoms with van der Waals surface area (Å²) in [5.41, 5.74) is 2.44. The van der Waals surface area contributed by atoms with Gasteiger partial charge in [-0.2, -0.15) is 0 Å². The van der Waals surface area contributed by atoms with Crippen LogP contribution in [0.1, 0.15) is 17.5 Å². The Balaban J connectivity index is 1.79. The first-order chi connectivity index (χ1) is 10.2. The average Bonchev–Trinajstić information content (AvgIpc) is 2.50. The molecule has 1 amide bonds. The van der Waals surface area contributed by atoms with Gasteiger partial charge in [-0.05, 0) is 30.2 Å². The number of carbonyl (C=O) groups is 1. The molecule has 0 N–H and O–H groups in total. The minimum absolute atomic E-state index is 0.196. The van der Waals surface area contributed by atoms with Gasteiger partial charge < -0.3 is 4.90 Å². The van der Waals surface area contributed by atoms with E-state index >= 15 is 0 Å². The number of nitrogens with zero attached hydrogens (tertiary/aromatic N) is 1. The van der Waals surface area contributed by atoms with Gasteiger partial charge in [-0.25, -0.2) is 0 Å². The van der Waals surface area contributed by atoms with Crippen molar-refractivity contribution in [1.82, 2.24) is 4.90 Å². The molecule has 2 nitrogen and oxygen atoms in total. The lowest BCUT2D eigenvalue weighted by atomic mass is 10.1. The van der Waals surface area contributed by atoms with Crippen molar-refractivity contribution in [1.29, 1.82) is 0 Å². The Morgan fingerprint density at radius 2 is 1.71 bits per heavy atom. The van der Waals surface area contributed by atoms with Crippen molar-refractivity contribution in [2.75, 3.05) is 12.8 Å². The molecule has 0 aromatic heterocycles.